The fraction of sp³-hybridized carbons (Fsp3) is 0.577. The molecule has 0 saturated carbocycles. The highest BCUT2D eigenvalue weighted by molar-refractivity contribution is 5.94. The molecule has 1 aromatic carbocycles. The number of aryl methyl sites for hydroxylation is 1. The fourth-order valence-electron chi connectivity index (χ4n) is 3.49. The third-order valence-corrected chi connectivity index (χ3v) is 5.16. The zero-order valence-electron chi connectivity index (χ0n) is 21.6. The molecule has 0 heterocycles. The summed E-state index contributed by atoms with van der Waals surface area (Å²) in [4.78, 5) is 40.3. The van der Waals surface area contributed by atoms with E-state index >= 15 is 0 Å². The fourth-order valence-corrected chi connectivity index (χ4v) is 3.49. The van der Waals surface area contributed by atoms with E-state index in [1.807, 2.05) is 13.8 Å². The van der Waals surface area contributed by atoms with Gasteiger partial charge < -0.3 is 20.5 Å². The van der Waals surface area contributed by atoms with E-state index in [0.29, 0.717) is 5.56 Å². The second-order valence-electron chi connectivity index (χ2n) is 9.82. The number of nitrogens with zero attached hydrogens (tertiary/aromatic N) is 1. The molecule has 0 spiro atoms. The van der Waals surface area contributed by atoms with Gasteiger partial charge in [0, 0.05) is 17.6 Å². The van der Waals surface area contributed by atoms with Gasteiger partial charge in [0.25, 0.3) is 5.91 Å². The van der Waals surface area contributed by atoms with Crippen molar-refractivity contribution in [2.24, 2.45) is 5.92 Å². The van der Waals surface area contributed by atoms with Crippen molar-refractivity contribution in [2.45, 2.75) is 92.0 Å². The summed E-state index contributed by atoms with van der Waals surface area (Å²) in [7, 11) is 0. The van der Waals surface area contributed by atoms with Crippen molar-refractivity contribution in [3.63, 3.8) is 0 Å². The Morgan fingerprint density at radius 1 is 1.18 bits per heavy atom. The summed E-state index contributed by atoms with van der Waals surface area (Å²) in [6, 6.07) is 4.72. The van der Waals surface area contributed by atoms with E-state index in [2.05, 4.69) is 16.7 Å². The largest absolute Gasteiger partial charge is 0.507 e. The molecule has 0 fully saturated rings. The maximum atomic E-state index is 13.6. The number of ether oxygens (including phenoxy) is 1. The summed E-state index contributed by atoms with van der Waals surface area (Å²) in [5.74, 6) is -1.66. The number of nitrogens with one attached hydrogen (secondary N) is 2. The molecule has 0 aromatic heterocycles. The number of hydrogen-bond donors (Lipinski definition) is 3. The second kappa shape index (κ2) is 12.3. The summed E-state index contributed by atoms with van der Waals surface area (Å²) in [6.07, 6.45) is 6.57. The number of carbonyl (C=O) groups excluding carboxylic acids is 3. The van der Waals surface area contributed by atoms with Gasteiger partial charge in [-0.05, 0) is 52.5 Å². The number of amides is 3. The van der Waals surface area contributed by atoms with Crippen LogP contribution in [0, 0.1) is 25.3 Å². The number of phenolic OH excluding ortho intramolecular Hbond substituents is 1. The number of aromatic hydroxyl groups is 1. The third kappa shape index (κ3) is 7.98. The molecule has 1 aromatic rings. The number of terminal acetylenes is 1. The first-order valence-corrected chi connectivity index (χ1v) is 11.6. The van der Waals surface area contributed by atoms with E-state index in [1.165, 1.54) is 0 Å². The highest BCUT2D eigenvalue weighted by Gasteiger charge is 2.38. The number of phenols is 1. The normalized spacial score (nSPS) is 13.9. The van der Waals surface area contributed by atoms with Gasteiger partial charge >= 0.3 is 6.09 Å². The molecule has 0 saturated heterocycles. The Balaban J connectivity index is 3.44. The molecule has 0 aliphatic heterocycles. The first-order valence-electron chi connectivity index (χ1n) is 11.6. The van der Waals surface area contributed by atoms with E-state index in [9.17, 15) is 19.5 Å². The maximum absolute atomic E-state index is 13.6. The molecule has 0 bridgehead atoms. The third-order valence-electron chi connectivity index (χ3n) is 5.16. The van der Waals surface area contributed by atoms with Crippen LogP contribution in [0.25, 0.3) is 0 Å². The number of para-hydroxylation sites is 1. The van der Waals surface area contributed by atoms with Crippen molar-refractivity contribution < 1.29 is 24.2 Å². The molecule has 3 atom stereocenters. The van der Waals surface area contributed by atoms with E-state index in [1.54, 1.807) is 59.7 Å². The lowest BCUT2D eigenvalue weighted by molar-refractivity contribution is -0.139. The summed E-state index contributed by atoms with van der Waals surface area (Å²) >= 11 is 0. The Hall–Kier alpha value is -3.21. The monoisotopic (exact) mass is 473 g/mol. The van der Waals surface area contributed by atoms with Crippen LogP contribution >= 0.6 is 0 Å². The van der Waals surface area contributed by atoms with Gasteiger partial charge in [0.2, 0.25) is 5.91 Å². The predicted octanol–water partition coefficient (Wildman–Crippen LogP) is 4.02. The van der Waals surface area contributed by atoms with E-state index < -0.39 is 35.6 Å². The average Bonchev–Trinajstić information content (AvgIpc) is 2.70. The Labute approximate surface area is 203 Å². The van der Waals surface area contributed by atoms with Crippen LogP contribution in [0.1, 0.15) is 78.5 Å². The number of rotatable bonds is 9. The van der Waals surface area contributed by atoms with Gasteiger partial charge in [0.05, 0.1) is 0 Å². The van der Waals surface area contributed by atoms with Crippen LogP contribution in [0.4, 0.5) is 4.79 Å². The van der Waals surface area contributed by atoms with Gasteiger partial charge in [-0.3, -0.25) is 14.5 Å². The minimum absolute atomic E-state index is 0.125. The summed E-state index contributed by atoms with van der Waals surface area (Å²) < 4.78 is 5.30. The predicted molar refractivity (Wildman–Crippen MR) is 132 cm³/mol. The topological polar surface area (TPSA) is 108 Å². The molecule has 0 aliphatic rings. The van der Waals surface area contributed by atoms with Gasteiger partial charge in [0.15, 0.2) is 6.04 Å². The van der Waals surface area contributed by atoms with Crippen LogP contribution < -0.4 is 10.6 Å². The minimum Gasteiger partial charge on any atom is -0.507 e. The minimum atomic E-state index is -1.29. The van der Waals surface area contributed by atoms with Crippen LogP contribution in [0.15, 0.2) is 18.2 Å². The van der Waals surface area contributed by atoms with Crippen molar-refractivity contribution in [3.8, 4) is 18.2 Å². The highest BCUT2D eigenvalue weighted by atomic mass is 16.6. The Morgan fingerprint density at radius 3 is 2.29 bits per heavy atom. The number of hydrogen-bond acceptors (Lipinski definition) is 5. The van der Waals surface area contributed by atoms with Crippen LogP contribution in [0.3, 0.4) is 0 Å². The summed E-state index contributed by atoms with van der Waals surface area (Å²) in [5, 5.41) is 16.2. The lowest BCUT2D eigenvalue weighted by Crippen LogP contribution is -2.54. The quantitative estimate of drug-likeness (QED) is 0.371. The van der Waals surface area contributed by atoms with Gasteiger partial charge in [-0.2, -0.15) is 0 Å². The Kier molecular flexibility index (Phi) is 10.4. The van der Waals surface area contributed by atoms with Crippen molar-refractivity contribution in [1.29, 1.82) is 0 Å². The first kappa shape index (κ1) is 28.8. The SMILES string of the molecule is C#CN(C(=O)C(NC(=O)OC(C)(C)C)C(C)C)C(C(=O)NC(C)CCC)c1cccc(C)c1O. The Bertz CT molecular complexity index is 914. The molecule has 3 unspecified atom stereocenters. The highest BCUT2D eigenvalue weighted by Crippen LogP contribution is 2.32. The molecule has 8 heteroatoms. The summed E-state index contributed by atoms with van der Waals surface area (Å²) in [5.41, 5.74) is -0.0213. The van der Waals surface area contributed by atoms with Crippen molar-refractivity contribution in [3.05, 3.63) is 29.3 Å². The smallest absolute Gasteiger partial charge is 0.408 e. The number of benzene rings is 1. The van der Waals surface area contributed by atoms with Crippen LogP contribution in [0.2, 0.25) is 0 Å². The van der Waals surface area contributed by atoms with Gasteiger partial charge in [-0.15, -0.1) is 0 Å². The molecule has 3 N–H and O–H groups in total. The molecule has 188 valence electrons. The molecule has 8 nitrogen and oxygen atoms in total. The molecule has 34 heavy (non-hydrogen) atoms. The van der Waals surface area contributed by atoms with Crippen molar-refractivity contribution in [1.82, 2.24) is 15.5 Å². The molecule has 3 amide bonds. The van der Waals surface area contributed by atoms with Crippen LogP contribution in [-0.4, -0.2) is 45.6 Å². The van der Waals surface area contributed by atoms with Gasteiger partial charge in [-0.1, -0.05) is 51.8 Å². The lowest BCUT2D eigenvalue weighted by atomic mass is 9.97. The van der Waals surface area contributed by atoms with Gasteiger partial charge in [0.1, 0.15) is 17.4 Å². The van der Waals surface area contributed by atoms with E-state index in [4.69, 9.17) is 11.2 Å². The Morgan fingerprint density at radius 2 is 1.79 bits per heavy atom. The van der Waals surface area contributed by atoms with Crippen molar-refractivity contribution in [2.75, 3.05) is 0 Å². The molecular formula is C26H39N3O5. The first-order chi connectivity index (χ1) is 15.7. The lowest BCUT2D eigenvalue weighted by Gasteiger charge is -2.32. The standard InChI is InChI=1S/C26H39N3O5/c1-10-13-18(6)27-23(31)21(19-15-12-14-17(5)22(19)30)29(11-2)24(32)20(16(3)4)28-25(33)34-26(7,8)9/h2,12,14-16,18,20-21,30H,10,13H2,1,3-9H3,(H,27,31)(H,28,33). The van der Waals surface area contributed by atoms with E-state index in [-0.39, 0.29) is 23.3 Å². The maximum Gasteiger partial charge on any atom is 0.408 e. The second-order valence-corrected chi connectivity index (χ2v) is 9.82. The number of alkyl carbamates (subject to hydrolysis) is 1. The molecule has 1 rings (SSSR count). The van der Waals surface area contributed by atoms with Crippen LogP contribution in [0.5, 0.6) is 5.75 Å². The summed E-state index contributed by atoms with van der Waals surface area (Å²) in [6.45, 7) is 14.2. The van der Waals surface area contributed by atoms with E-state index in [0.717, 1.165) is 17.7 Å². The van der Waals surface area contributed by atoms with Gasteiger partial charge in [-0.25, -0.2) is 4.79 Å². The number of carbonyl (C=O) groups is 3. The zero-order chi connectivity index (χ0) is 26.2. The zero-order valence-corrected chi connectivity index (χ0v) is 21.6. The molecule has 0 aliphatic carbocycles. The molecular weight excluding hydrogens is 434 g/mol. The molecule has 0 radical (unpaired) electrons. The average molecular weight is 474 g/mol. The van der Waals surface area contributed by atoms with Crippen LogP contribution in [-0.2, 0) is 14.3 Å². The van der Waals surface area contributed by atoms with Crippen molar-refractivity contribution >= 4 is 17.9 Å².